The number of hydrogen-bond donors (Lipinski definition) is 2. The predicted octanol–water partition coefficient (Wildman–Crippen LogP) is 1.41. The van der Waals surface area contributed by atoms with E-state index in [0.717, 1.165) is 25.1 Å². The zero-order valence-electron chi connectivity index (χ0n) is 10.7. The third kappa shape index (κ3) is 3.42. The van der Waals surface area contributed by atoms with Crippen LogP contribution in [-0.2, 0) is 6.42 Å². The Morgan fingerprint density at radius 1 is 1.47 bits per heavy atom. The molecule has 0 aliphatic heterocycles. The Hall–Kier alpha value is -1.62. The number of nitrogen functional groups attached to an aromatic ring is 1. The van der Waals surface area contributed by atoms with Crippen LogP contribution in [0.4, 0.5) is 5.82 Å². The van der Waals surface area contributed by atoms with Gasteiger partial charge in [-0.15, -0.1) is 0 Å². The molecule has 3 N–H and O–H groups in total. The molecule has 17 heavy (non-hydrogen) atoms. The fourth-order valence-electron chi connectivity index (χ4n) is 1.62. The fraction of sp³-hybridized carbons (Fsp3) is 0.500. The zero-order valence-corrected chi connectivity index (χ0v) is 10.7. The summed E-state index contributed by atoms with van der Waals surface area (Å²) in [6.45, 7) is 4.78. The van der Waals surface area contributed by atoms with E-state index in [-0.39, 0.29) is 5.91 Å². The van der Waals surface area contributed by atoms with Gasteiger partial charge in [0.05, 0.1) is 0 Å². The molecule has 0 fully saturated rings. The van der Waals surface area contributed by atoms with Crippen LogP contribution in [-0.4, -0.2) is 29.4 Å². The number of aryl methyl sites for hydroxylation is 1. The second-order valence-corrected chi connectivity index (χ2v) is 3.96. The number of nitrogens with two attached hydrogens (primary N) is 1. The molecule has 1 aromatic heterocycles. The summed E-state index contributed by atoms with van der Waals surface area (Å²) in [6.07, 6.45) is 1.71. The highest BCUT2D eigenvalue weighted by atomic mass is 16.2. The highest BCUT2D eigenvalue weighted by Gasteiger charge is 2.13. The average Bonchev–Trinajstić information content (AvgIpc) is 2.37. The maximum atomic E-state index is 12.1. The van der Waals surface area contributed by atoms with Gasteiger partial charge in [-0.25, -0.2) is 10.8 Å². The molecule has 0 spiro atoms. The molecular formula is C12H20N4O. The van der Waals surface area contributed by atoms with Gasteiger partial charge in [0, 0.05) is 24.8 Å². The van der Waals surface area contributed by atoms with E-state index in [1.165, 1.54) is 0 Å². The van der Waals surface area contributed by atoms with Crippen LogP contribution in [0.15, 0.2) is 12.1 Å². The number of nitrogens with one attached hydrogen (secondary N) is 1. The van der Waals surface area contributed by atoms with Crippen molar-refractivity contribution in [3.05, 3.63) is 23.4 Å². The minimum atomic E-state index is 0.000417. The van der Waals surface area contributed by atoms with Crippen LogP contribution in [0.2, 0.25) is 0 Å². The second-order valence-electron chi connectivity index (χ2n) is 3.96. The number of aromatic nitrogens is 1. The first kappa shape index (κ1) is 13.4. The molecule has 1 aromatic rings. The van der Waals surface area contributed by atoms with Crippen LogP contribution in [0.25, 0.3) is 0 Å². The van der Waals surface area contributed by atoms with Gasteiger partial charge in [0.15, 0.2) is 0 Å². The quantitative estimate of drug-likeness (QED) is 0.599. The van der Waals surface area contributed by atoms with Crippen molar-refractivity contribution >= 4 is 11.7 Å². The van der Waals surface area contributed by atoms with E-state index in [1.54, 1.807) is 18.0 Å². The zero-order chi connectivity index (χ0) is 12.8. The van der Waals surface area contributed by atoms with Gasteiger partial charge >= 0.3 is 0 Å². The van der Waals surface area contributed by atoms with E-state index < -0.39 is 0 Å². The van der Waals surface area contributed by atoms with Crippen molar-refractivity contribution in [1.82, 2.24) is 9.88 Å². The van der Waals surface area contributed by atoms with Crippen LogP contribution >= 0.6 is 0 Å². The topological polar surface area (TPSA) is 71.2 Å². The lowest BCUT2D eigenvalue weighted by Gasteiger charge is -2.17. The molecule has 0 aromatic carbocycles. The molecule has 1 amide bonds. The first-order valence-corrected chi connectivity index (χ1v) is 5.85. The number of anilines is 1. The van der Waals surface area contributed by atoms with Gasteiger partial charge in [-0.05, 0) is 25.0 Å². The van der Waals surface area contributed by atoms with Gasteiger partial charge in [-0.2, -0.15) is 0 Å². The summed E-state index contributed by atoms with van der Waals surface area (Å²) in [6, 6.07) is 3.49. The van der Waals surface area contributed by atoms with Gasteiger partial charge in [0.25, 0.3) is 5.91 Å². The number of amides is 1. The van der Waals surface area contributed by atoms with E-state index in [0.29, 0.717) is 11.4 Å². The van der Waals surface area contributed by atoms with Crippen molar-refractivity contribution in [1.29, 1.82) is 0 Å². The Kier molecular flexibility index (Phi) is 4.90. The molecule has 0 bridgehead atoms. The van der Waals surface area contributed by atoms with Crippen LogP contribution < -0.4 is 11.3 Å². The third-order valence-electron chi connectivity index (χ3n) is 2.54. The SMILES string of the molecule is CCCN(C)C(=O)c1cc(CC)nc(NN)c1. The van der Waals surface area contributed by atoms with Crippen LogP contribution in [0.3, 0.4) is 0 Å². The van der Waals surface area contributed by atoms with Crippen molar-refractivity contribution in [2.24, 2.45) is 5.84 Å². The number of carbonyl (C=O) groups excluding carboxylic acids is 1. The third-order valence-corrected chi connectivity index (χ3v) is 2.54. The monoisotopic (exact) mass is 236 g/mol. The summed E-state index contributed by atoms with van der Waals surface area (Å²) in [7, 11) is 1.80. The van der Waals surface area contributed by atoms with Gasteiger partial charge in [0.2, 0.25) is 0 Å². The van der Waals surface area contributed by atoms with Gasteiger partial charge in [-0.1, -0.05) is 13.8 Å². The lowest BCUT2D eigenvalue weighted by Crippen LogP contribution is -2.27. The summed E-state index contributed by atoms with van der Waals surface area (Å²) in [5.41, 5.74) is 3.97. The van der Waals surface area contributed by atoms with Crippen molar-refractivity contribution in [2.45, 2.75) is 26.7 Å². The number of carbonyl (C=O) groups is 1. The maximum Gasteiger partial charge on any atom is 0.253 e. The fourth-order valence-corrected chi connectivity index (χ4v) is 1.62. The Morgan fingerprint density at radius 3 is 2.71 bits per heavy atom. The van der Waals surface area contributed by atoms with E-state index in [9.17, 15) is 4.79 Å². The average molecular weight is 236 g/mol. The molecule has 5 heteroatoms. The Labute approximate surface area is 102 Å². The maximum absolute atomic E-state index is 12.1. The molecule has 0 radical (unpaired) electrons. The summed E-state index contributed by atoms with van der Waals surface area (Å²) < 4.78 is 0. The first-order chi connectivity index (χ1) is 8.12. The van der Waals surface area contributed by atoms with Crippen molar-refractivity contribution < 1.29 is 4.79 Å². The summed E-state index contributed by atoms with van der Waals surface area (Å²) in [4.78, 5) is 18.1. The Morgan fingerprint density at radius 2 is 2.18 bits per heavy atom. The molecule has 0 saturated carbocycles. The van der Waals surface area contributed by atoms with E-state index in [2.05, 4.69) is 10.4 Å². The smallest absolute Gasteiger partial charge is 0.253 e. The first-order valence-electron chi connectivity index (χ1n) is 5.85. The molecule has 0 saturated heterocycles. The number of nitrogens with zero attached hydrogens (tertiary/aromatic N) is 2. The lowest BCUT2D eigenvalue weighted by molar-refractivity contribution is 0.0795. The standard InChI is InChI=1S/C12H20N4O/c1-4-6-16(3)12(17)9-7-10(5-2)14-11(8-9)15-13/h7-8H,4-6,13H2,1-3H3,(H,14,15). The molecule has 0 aliphatic carbocycles. The van der Waals surface area contributed by atoms with E-state index in [1.807, 2.05) is 19.9 Å². The molecular weight excluding hydrogens is 216 g/mol. The predicted molar refractivity (Wildman–Crippen MR) is 68.7 cm³/mol. The minimum Gasteiger partial charge on any atom is -0.342 e. The number of hydrazine groups is 1. The van der Waals surface area contributed by atoms with Gasteiger partial charge < -0.3 is 10.3 Å². The second kappa shape index (κ2) is 6.20. The Bertz CT molecular complexity index is 370. The number of rotatable bonds is 5. The molecule has 5 nitrogen and oxygen atoms in total. The van der Waals surface area contributed by atoms with Crippen molar-refractivity contribution in [2.75, 3.05) is 19.0 Å². The normalized spacial score (nSPS) is 10.1. The van der Waals surface area contributed by atoms with Crippen molar-refractivity contribution in [3.63, 3.8) is 0 Å². The lowest BCUT2D eigenvalue weighted by atomic mass is 10.1. The van der Waals surface area contributed by atoms with Gasteiger partial charge in [-0.3, -0.25) is 4.79 Å². The number of hydrogen-bond acceptors (Lipinski definition) is 4. The summed E-state index contributed by atoms with van der Waals surface area (Å²) in [5.74, 6) is 5.87. The van der Waals surface area contributed by atoms with Gasteiger partial charge in [0.1, 0.15) is 5.82 Å². The van der Waals surface area contributed by atoms with Crippen LogP contribution in [0.5, 0.6) is 0 Å². The largest absolute Gasteiger partial charge is 0.342 e. The molecule has 94 valence electrons. The Balaban J connectivity index is 2.99. The molecule has 1 rings (SSSR count). The van der Waals surface area contributed by atoms with E-state index >= 15 is 0 Å². The number of pyridine rings is 1. The highest BCUT2D eigenvalue weighted by Crippen LogP contribution is 2.12. The van der Waals surface area contributed by atoms with Crippen LogP contribution in [0.1, 0.15) is 36.3 Å². The molecule has 0 aliphatic rings. The summed E-state index contributed by atoms with van der Waals surface area (Å²) in [5, 5.41) is 0. The summed E-state index contributed by atoms with van der Waals surface area (Å²) >= 11 is 0. The van der Waals surface area contributed by atoms with Crippen LogP contribution in [0, 0.1) is 0 Å². The minimum absolute atomic E-state index is 0.000417. The molecule has 0 atom stereocenters. The molecule has 0 unspecified atom stereocenters. The van der Waals surface area contributed by atoms with Crippen molar-refractivity contribution in [3.8, 4) is 0 Å². The molecule has 1 heterocycles. The van der Waals surface area contributed by atoms with E-state index in [4.69, 9.17) is 5.84 Å². The highest BCUT2D eigenvalue weighted by molar-refractivity contribution is 5.94.